The highest BCUT2D eigenvalue weighted by molar-refractivity contribution is 6.20. The molecule has 3 rings (SSSR count). The summed E-state index contributed by atoms with van der Waals surface area (Å²) in [6, 6.07) is 3.03. The number of carbonyl (C=O) groups excluding carboxylic acids is 2. The Morgan fingerprint density at radius 1 is 1.39 bits per heavy atom. The molecule has 0 aromatic carbocycles. The normalized spacial score (nSPS) is 26.8. The quantitative estimate of drug-likeness (QED) is 0.724. The van der Waals surface area contributed by atoms with Crippen LogP contribution >= 0.6 is 0 Å². The van der Waals surface area contributed by atoms with E-state index < -0.39 is 0 Å². The summed E-state index contributed by atoms with van der Waals surface area (Å²) < 4.78 is 5.30. The second kappa shape index (κ2) is 4.15. The standard InChI is InChI=1S/C12H13N3O3/c1-18-9-6-13-5-8(9)15-11(16)7-3-2-4-14-10(7)12(15)17/h2-4,8-9,13H,5-6H2,1H3/t8?,9-/m0/s1. The number of hydrogen-bond acceptors (Lipinski definition) is 5. The summed E-state index contributed by atoms with van der Waals surface area (Å²) in [7, 11) is 1.58. The number of pyridine rings is 1. The number of hydrogen-bond donors (Lipinski definition) is 1. The van der Waals surface area contributed by atoms with Crippen LogP contribution in [0.5, 0.6) is 0 Å². The van der Waals surface area contributed by atoms with Gasteiger partial charge in [0.25, 0.3) is 11.8 Å². The Bertz CT molecular complexity index is 482. The van der Waals surface area contributed by atoms with Gasteiger partial charge in [0, 0.05) is 26.4 Å². The lowest BCUT2D eigenvalue weighted by atomic mass is 10.2. The van der Waals surface area contributed by atoms with Crippen LogP contribution in [0.15, 0.2) is 18.3 Å². The van der Waals surface area contributed by atoms with Crippen LogP contribution in [0.2, 0.25) is 0 Å². The molecule has 1 unspecified atom stereocenters. The molecule has 1 aromatic rings. The van der Waals surface area contributed by atoms with Gasteiger partial charge in [0.15, 0.2) is 0 Å². The molecule has 1 N–H and O–H groups in total. The molecular formula is C12H13N3O3. The Balaban J connectivity index is 1.97. The smallest absolute Gasteiger partial charge is 0.280 e. The Kier molecular flexibility index (Phi) is 2.61. The minimum atomic E-state index is -0.327. The average Bonchev–Trinajstić information content (AvgIpc) is 2.95. The van der Waals surface area contributed by atoms with Crippen molar-refractivity contribution in [1.82, 2.24) is 15.2 Å². The molecule has 0 aliphatic carbocycles. The Morgan fingerprint density at radius 2 is 2.22 bits per heavy atom. The van der Waals surface area contributed by atoms with E-state index in [1.807, 2.05) is 0 Å². The van der Waals surface area contributed by atoms with E-state index in [0.29, 0.717) is 18.7 Å². The van der Waals surface area contributed by atoms with Gasteiger partial charge in [-0.15, -0.1) is 0 Å². The number of imide groups is 1. The molecule has 2 atom stereocenters. The van der Waals surface area contributed by atoms with E-state index in [0.717, 1.165) is 0 Å². The fourth-order valence-corrected chi connectivity index (χ4v) is 2.52. The number of nitrogens with zero attached hydrogens (tertiary/aromatic N) is 2. The summed E-state index contributed by atoms with van der Waals surface area (Å²) in [6.07, 6.45) is 1.36. The van der Waals surface area contributed by atoms with Crippen LogP contribution in [0.25, 0.3) is 0 Å². The summed E-state index contributed by atoms with van der Waals surface area (Å²) in [5.74, 6) is -0.606. The maximum absolute atomic E-state index is 12.2. The largest absolute Gasteiger partial charge is 0.378 e. The lowest BCUT2D eigenvalue weighted by Crippen LogP contribution is -2.47. The van der Waals surface area contributed by atoms with Crippen molar-refractivity contribution in [3.63, 3.8) is 0 Å². The first kappa shape index (κ1) is 11.3. The van der Waals surface area contributed by atoms with Crippen LogP contribution in [-0.2, 0) is 4.74 Å². The summed E-state index contributed by atoms with van der Waals surface area (Å²) in [5, 5.41) is 3.13. The minimum absolute atomic E-state index is 0.160. The van der Waals surface area contributed by atoms with Crippen LogP contribution in [0.4, 0.5) is 0 Å². The number of fused-ring (bicyclic) bond motifs is 1. The van der Waals surface area contributed by atoms with E-state index in [2.05, 4.69) is 10.3 Å². The molecule has 18 heavy (non-hydrogen) atoms. The second-order valence-electron chi connectivity index (χ2n) is 4.38. The molecule has 0 spiro atoms. The number of aromatic nitrogens is 1. The van der Waals surface area contributed by atoms with E-state index >= 15 is 0 Å². The SMILES string of the molecule is CO[C@H]1CNCC1N1C(=O)c2cccnc2C1=O. The van der Waals surface area contributed by atoms with Crippen LogP contribution in [0.1, 0.15) is 20.8 Å². The molecule has 1 aromatic heterocycles. The molecular weight excluding hydrogens is 234 g/mol. The van der Waals surface area contributed by atoms with E-state index in [9.17, 15) is 9.59 Å². The van der Waals surface area contributed by atoms with Gasteiger partial charge in [-0.25, -0.2) is 0 Å². The molecule has 0 saturated carbocycles. The van der Waals surface area contributed by atoms with E-state index in [4.69, 9.17) is 4.74 Å². The van der Waals surface area contributed by atoms with Crippen molar-refractivity contribution >= 4 is 11.8 Å². The van der Waals surface area contributed by atoms with E-state index in [1.54, 1.807) is 19.2 Å². The van der Waals surface area contributed by atoms with Gasteiger partial charge in [0.1, 0.15) is 5.69 Å². The van der Waals surface area contributed by atoms with Crippen LogP contribution in [-0.4, -0.2) is 54.0 Å². The van der Waals surface area contributed by atoms with Crippen LogP contribution in [0, 0.1) is 0 Å². The monoisotopic (exact) mass is 247 g/mol. The van der Waals surface area contributed by atoms with Gasteiger partial charge in [-0.05, 0) is 12.1 Å². The summed E-state index contributed by atoms with van der Waals surface area (Å²) >= 11 is 0. The van der Waals surface area contributed by atoms with Crippen molar-refractivity contribution in [2.24, 2.45) is 0 Å². The molecule has 6 heteroatoms. The first-order valence-electron chi connectivity index (χ1n) is 5.80. The zero-order valence-electron chi connectivity index (χ0n) is 9.92. The van der Waals surface area contributed by atoms with Crippen LogP contribution < -0.4 is 5.32 Å². The molecule has 1 fully saturated rings. The number of ether oxygens (including phenoxy) is 1. The Hall–Kier alpha value is -1.79. The predicted molar refractivity (Wildman–Crippen MR) is 62.2 cm³/mol. The third-order valence-electron chi connectivity index (χ3n) is 3.44. The minimum Gasteiger partial charge on any atom is -0.378 e. The molecule has 6 nitrogen and oxygen atoms in total. The fraction of sp³-hybridized carbons (Fsp3) is 0.417. The maximum atomic E-state index is 12.2. The van der Waals surface area contributed by atoms with Crippen molar-refractivity contribution in [3.05, 3.63) is 29.6 Å². The summed E-state index contributed by atoms with van der Waals surface area (Å²) in [6.45, 7) is 1.20. The van der Waals surface area contributed by atoms with Gasteiger partial charge < -0.3 is 10.1 Å². The number of amides is 2. The number of nitrogens with one attached hydrogen (secondary N) is 1. The highest BCUT2D eigenvalue weighted by Gasteiger charge is 2.45. The Morgan fingerprint density at radius 3 is 2.94 bits per heavy atom. The summed E-state index contributed by atoms with van der Waals surface area (Å²) in [4.78, 5) is 29.7. The molecule has 0 radical (unpaired) electrons. The molecule has 2 amide bonds. The predicted octanol–water partition coefficient (Wildman–Crippen LogP) is -0.336. The number of rotatable bonds is 2. The van der Waals surface area contributed by atoms with Gasteiger partial charge in [0.05, 0.1) is 17.7 Å². The van der Waals surface area contributed by atoms with Gasteiger partial charge in [0.2, 0.25) is 0 Å². The van der Waals surface area contributed by atoms with Crippen molar-refractivity contribution in [3.8, 4) is 0 Å². The van der Waals surface area contributed by atoms with Crippen molar-refractivity contribution in [2.45, 2.75) is 12.1 Å². The molecule has 2 aliphatic rings. The lowest BCUT2D eigenvalue weighted by Gasteiger charge is -2.25. The number of methoxy groups -OCH3 is 1. The van der Waals surface area contributed by atoms with E-state index in [1.165, 1.54) is 11.1 Å². The van der Waals surface area contributed by atoms with Crippen molar-refractivity contribution in [2.75, 3.05) is 20.2 Å². The molecule has 1 saturated heterocycles. The van der Waals surface area contributed by atoms with Crippen LogP contribution in [0.3, 0.4) is 0 Å². The maximum Gasteiger partial charge on any atom is 0.280 e. The van der Waals surface area contributed by atoms with Crippen molar-refractivity contribution < 1.29 is 14.3 Å². The zero-order chi connectivity index (χ0) is 12.7. The topological polar surface area (TPSA) is 71.5 Å². The third-order valence-corrected chi connectivity index (χ3v) is 3.44. The van der Waals surface area contributed by atoms with Gasteiger partial charge in [-0.1, -0.05) is 0 Å². The summed E-state index contributed by atoms with van der Waals surface area (Å²) in [5.41, 5.74) is 0.619. The molecule has 0 bridgehead atoms. The van der Waals surface area contributed by atoms with Gasteiger partial charge in [-0.2, -0.15) is 0 Å². The fourth-order valence-electron chi connectivity index (χ4n) is 2.52. The third kappa shape index (κ3) is 1.46. The first-order valence-corrected chi connectivity index (χ1v) is 5.80. The zero-order valence-corrected chi connectivity index (χ0v) is 9.92. The van der Waals surface area contributed by atoms with Crippen molar-refractivity contribution in [1.29, 1.82) is 0 Å². The Labute approximate surface area is 104 Å². The van der Waals surface area contributed by atoms with Gasteiger partial charge >= 0.3 is 0 Å². The molecule has 2 aliphatic heterocycles. The number of carbonyl (C=O) groups is 2. The van der Waals surface area contributed by atoms with E-state index in [-0.39, 0.29) is 29.7 Å². The highest BCUT2D eigenvalue weighted by Crippen LogP contribution is 2.25. The van der Waals surface area contributed by atoms with Gasteiger partial charge in [-0.3, -0.25) is 19.5 Å². The highest BCUT2D eigenvalue weighted by atomic mass is 16.5. The second-order valence-corrected chi connectivity index (χ2v) is 4.38. The average molecular weight is 247 g/mol. The lowest BCUT2D eigenvalue weighted by molar-refractivity contribution is 0.0332. The molecule has 3 heterocycles. The first-order chi connectivity index (χ1) is 8.74. The molecule has 94 valence electrons.